The summed E-state index contributed by atoms with van der Waals surface area (Å²) in [4.78, 5) is 15.8. The fourth-order valence-corrected chi connectivity index (χ4v) is 2.22. The second-order valence-electron chi connectivity index (χ2n) is 3.96. The number of anilines is 1. The number of imidazole rings is 1. The molecular weight excluding hydrogens is 250 g/mol. The normalized spacial score (nSPS) is 10.6. The second-order valence-corrected chi connectivity index (χ2v) is 4.95. The molecule has 0 amide bonds. The van der Waals surface area contributed by atoms with Gasteiger partial charge in [-0.05, 0) is 38.7 Å². The van der Waals surface area contributed by atoms with Gasteiger partial charge in [-0.25, -0.2) is 9.78 Å². The molecule has 0 aliphatic rings. The predicted molar refractivity (Wildman–Crippen MR) is 74.9 cm³/mol. The molecule has 0 aliphatic heterocycles. The molecule has 0 radical (unpaired) electrons. The number of rotatable bonds is 7. The SMILES string of the molecule is CCOC(=O)c1nc(C)n(CCCCSC)c1N. The van der Waals surface area contributed by atoms with Crippen LogP contribution in [0.25, 0.3) is 0 Å². The number of aromatic nitrogens is 2. The quantitative estimate of drug-likeness (QED) is 0.607. The first-order valence-corrected chi connectivity index (χ1v) is 7.49. The van der Waals surface area contributed by atoms with Gasteiger partial charge in [0.1, 0.15) is 11.6 Å². The van der Waals surface area contributed by atoms with E-state index in [4.69, 9.17) is 10.5 Å². The second kappa shape index (κ2) is 7.31. The maximum atomic E-state index is 11.6. The van der Waals surface area contributed by atoms with Gasteiger partial charge in [-0.3, -0.25) is 0 Å². The first-order valence-electron chi connectivity index (χ1n) is 6.10. The molecule has 0 fully saturated rings. The highest BCUT2D eigenvalue weighted by Gasteiger charge is 2.19. The van der Waals surface area contributed by atoms with Crippen LogP contribution in [0.3, 0.4) is 0 Å². The summed E-state index contributed by atoms with van der Waals surface area (Å²) in [5, 5.41) is 0. The third kappa shape index (κ3) is 3.66. The Labute approximate surface area is 112 Å². The van der Waals surface area contributed by atoms with Gasteiger partial charge in [-0.15, -0.1) is 0 Å². The summed E-state index contributed by atoms with van der Waals surface area (Å²) in [5.74, 6) is 1.87. The lowest BCUT2D eigenvalue weighted by molar-refractivity contribution is 0.0521. The van der Waals surface area contributed by atoms with Gasteiger partial charge in [0, 0.05) is 6.54 Å². The maximum Gasteiger partial charge on any atom is 0.360 e. The number of carbonyl (C=O) groups excluding carboxylic acids is 1. The van der Waals surface area contributed by atoms with Crippen LogP contribution in [0.1, 0.15) is 36.1 Å². The van der Waals surface area contributed by atoms with Crippen molar-refractivity contribution in [3.05, 3.63) is 11.5 Å². The highest BCUT2D eigenvalue weighted by atomic mass is 32.2. The van der Waals surface area contributed by atoms with Crippen LogP contribution in [-0.4, -0.2) is 34.1 Å². The average molecular weight is 271 g/mol. The Morgan fingerprint density at radius 1 is 1.50 bits per heavy atom. The topological polar surface area (TPSA) is 70.1 Å². The van der Waals surface area contributed by atoms with Crippen molar-refractivity contribution in [1.29, 1.82) is 0 Å². The molecule has 1 aromatic rings. The minimum Gasteiger partial charge on any atom is -0.461 e. The zero-order valence-corrected chi connectivity index (χ0v) is 12.0. The zero-order valence-electron chi connectivity index (χ0n) is 11.2. The van der Waals surface area contributed by atoms with E-state index >= 15 is 0 Å². The van der Waals surface area contributed by atoms with Crippen molar-refractivity contribution in [1.82, 2.24) is 9.55 Å². The molecule has 0 bridgehead atoms. The van der Waals surface area contributed by atoms with Gasteiger partial charge in [-0.2, -0.15) is 11.8 Å². The summed E-state index contributed by atoms with van der Waals surface area (Å²) in [5.41, 5.74) is 6.18. The molecule has 0 unspecified atom stereocenters. The smallest absolute Gasteiger partial charge is 0.360 e. The highest BCUT2D eigenvalue weighted by molar-refractivity contribution is 7.98. The molecule has 0 spiro atoms. The van der Waals surface area contributed by atoms with Crippen LogP contribution in [-0.2, 0) is 11.3 Å². The Hall–Kier alpha value is -1.17. The first-order chi connectivity index (χ1) is 8.61. The fourth-order valence-electron chi connectivity index (χ4n) is 1.73. The van der Waals surface area contributed by atoms with Gasteiger partial charge in [0.25, 0.3) is 0 Å². The number of esters is 1. The molecule has 2 N–H and O–H groups in total. The number of carbonyl (C=O) groups is 1. The number of thioether (sulfide) groups is 1. The summed E-state index contributed by atoms with van der Waals surface area (Å²) in [6.45, 7) is 4.75. The third-order valence-corrected chi connectivity index (χ3v) is 3.34. The van der Waals surface area contributed by atoms with E-state index in [9.17, 15) is 4.79 Å². The number of aryl methyl sites for hydroxylation is 1. The Morgan fingerprint density at radius 3 is 2.83 bits per heavy atom. The van der Waals surface area contributed by atoms with Crippen molar-refractivity contribution in [2.75, 3.05) is 24.3 Å². The summed E-state index contributed by atoms with van der Waals surface area (Å²) in [6.07, 6.45) is 4.26. The van der Waals surface area contributed by atoms with Crippen molar-refractivity contribution in [2.24, 2.45) is 0 Å². The van der Waals surface area contributed by atoms with Gasteiger partial charge in [0.2, 0.25) is 0 Å². The average Bonchev–Trinajstić information content (AvgIpc) is 2.62. The standard InChI is InChI=1S/C12H21N3O2S/c1-4-17-12(16)10-11(13)15(9(2)14-10)7-5-6-8-18-3/h4-8,13H2,1-3H3. The van der Waals surface area contributed by atoms with Crippen LogP contribution in [0.2, 0.25) is 0 Å². The van der Waals surface area contributed by atoms with E-state index in [0.717, 1.165) is 31.0 Å². The summed E-state index contributed by atoms with van der Waals surface area (Å²) >= 11 is 1.83. The lowest BCUT2D eigenvalue weighted by Gasteiger charge is -2.07. The minimum absolute atomic E-state index is 0.235. The van der Waals surface area contributed by atoms with Crippen LogP contribution in [0.15, 0.2) is 0 Å². The van der Waals surface area contributed by atoms with Crippen LogP contribution in [0, 0.1) is 6.92 Å². The molecule has 18 heavy (non-hydrogen) atoms. The molecule has 6 heteroatoms. The van der Waals surface area contributed by atoms with Crippen LogP contribution in [0.4, 0.5) is 5.82 Å². The molecule has 0 saturated carbocycles. The number of unbranched alkanes of at least 4 members (excludes halogenated alkanes) is 1. The number of nitrogens with two attached hydrogens (primary N) is 1. The number of ether oxygens (including phenoxy) is 1. The number of hydrogen-bond acceptors (Lipinski definition) is 5. The van der Waals surface area contributed by atoms with Crippen molar-refractivity contribution < 1.29 is 9.53 Å². The number of nitrogens with zero attached hydrogens (tertiary/aromatic N) is 2. The van der Waals surface area contributed by atoms with E-state index < -0.39 is 5.97 Å². The molecule has 0 aromatic carbocycles. The Kier molecular flexibility index (Phi) is 6.04. The molecule has 0 saturated heterocycles. The van der Waals surface area contributed by atoms with Crippen molar-refractivity contribution in [3.63, 3.8) is 0 Å². The molecular formula is C12H21N3O2S. The van der Waals surface area contributed by atoms with Gasteiger partial charge in [-0.1, -0.05) is 0 Å². The first kappa shape index (κ1) is 14.9. The lowest BCUT2D eigenvalue weighted by Crippen LogP contribution is -2.10. The van der Waals surface area contributed by atoms with Crippen molar-refractivity contribution in [2.45, 2.75) is 33.2 Å². The number of hydrogen-bond donors (Lipinski definition) is 1. The van der Waals surface area contributed by atoms with E-state index in [1.165, 1.54) is 0 Å². The Bertz CT molecular complexity index is 404. The van der Waals surface area contributed by atoms with Gasteiger partial charge < -0.3 is 15.0 Å². The van der Waals surface area contributed by atoms with Crippen LogP contribution < -0.4 is 5.73 Å². The molecule has 1 rings (SSSR count). The van der Waals surface area contributed by atoms with E-state index in [-0.39, 0.29) is 5.69 Å². The summed E-state index contributed by atoms with van der Waals surface area (Å²) in [6, 6.07) is 0. The lowest BCUT2D eigenvalue weighted by atomic mass is 10.3. The number of nitrogen functional groups attached to an aromatic ring is 1. The molecule has 102 valence electrons. The van der Waals surface area contributed by atoms with E-state index in [0.29, 0.717) is 12.4 Å². The predicted octanol–water partition coefficient (Wildman–Crippen LogP) is 2.09. The van der Waals surface area contributed by atoms with E-state index in [2.05, 4.69) is 11.2 Å². The van der Waals surface area contributed by atoms with E-state index in [1.54, 1.807) is 6.92 Å². The monoisotopic (exact) mass is 271 g/mol. The Morgan fingerprint density at radius 2 is 2.22 bits per heavy atom. The highest BCUT2D eigenvalue weighted by Crippen LogP contribution is 2.16. The third-order valence-electron chi connectivity index (χ3n) is 2.65. The van der Waals surface area contributed by atoms with E-state index in [1.807, 2.05) is 23.3 Å². The van der Waals surface area contributed by atoms with Gasteiger partial charge in [0.05, 0.1) is 6.61 Å². The van der Waals surface area contributed by atoms with Crippen molar-refractivity contribution in [3.8, 4) is 0 Å². The maximum absolute atomic E-state index is 11.6. The van der Waals surface area contributed by atoms with Gasteiger partial charge in [0.15, 0.2) is 5.69 Å². The molecule has 0 aliphatic carbocycles. The molecule has 1 aromatic heterocycles. The molecule has 5 nitrogen and oxygen atoms in total. The fraction of sp³-hybridized carbons (Fsp3) is 0.667. The molecule has 1 heterocycles. The Balaban J connectivity index is 2.71. The van der Waals surface area contributed by atoms with Crippen LogP contribution >= 0.6 is 11.8 Å². The summed E-state index contributed by atoms with van der Waals surface area (Å²) < 4.78 is 6.80. The van der Waals surface area contributed by atoms with Gasteiger partial charge >= 0.3 is 5.97 Å². The minimum atomic E-state index is -0.444. The summed E-state index contributed by atoms with van der Waals surface area (Å²) in [7, 11) is 0. The van der Waals surface area contributed by atoms with Crippen LogP contribution in [0.5, 0.6) is 0 Å². The largest absolute Gasteiger partial charge is 0.461 e. The molecule has 0 atom stereocenters. The zero-order chi connectivity index (χ0) is 13.5. The van der Waals surface area contributed by atoms with Crippen molar-refractivity contribution >= 4 is 23.5 Å².